The van der Waals surface area contributed by atoms with Crippen molar-refractivity contribution in [3.8, 4) is 11.3 Å². The van der Waals surface area contributed by atoms with Gasteiger partial charge in [-0.3, -0.25) is 0 Å². The Morgan fingerprint density at radius 3 is 2.67 bits per heavy atom. The predicted octanol–water partition coefficient (Wildman–Crippen LogP) is 5.33. The lowest BCUT2D eigenvalue weighted by Gasteiger charge is -2.08. The highest BCUT2D eigenvalue weighted by Gasteiger charge is 2.30. The van der Waals surface area contributed by atoms with Crippen LogP contribution in [0.3, 0.4) is 0 Å². The molecule has 2 aromatic rings. The quantitative estimate of drug-likeness (QED) is 0.720. The van der Waals surface area contributed by atoms with Gasteiger partial charge in [-0.2, -0.15) is 0 Å². The second kappa shape index (κ2) is 6.13. The van der Waals surface area contributed by atoms with Gasteiger partial charge in [0, 0.05) is 27.0 Å². The van der Waals surface area contributed by atoms with Crippen LogP contribution in [0.5, 0.6) is 0 Å². The van der Waals surface area contributed by atoms with Crippen LogP contribution >= 0.6 is 31.9 Å². The van der Waals surface area contributed by atoms with Crippen molar-refractivity contribution in [3.63, 3.8) is 0 Å². The van der Waals surface area contributed by atoms with Crippen molar-refractivity contribution in [1.82, 2.24) is 9.55 Å². The van der Waals surface area contributed by atoms with Gasteiger partial charge in [-0.1, -0.05) is 19.4 Å². The molecule has 0 amide bonds. The van der Waals surface area contributed by atoms with Crippen molar-refractivity contribution in [2.24, 2.45) is 0 Å². The molecule has 21 heavy (non-hydrogen) atoms. The minimum absolute atomic E-state index is 0.608. The topological polar surface area (TPSA) is 43.8 Å². The summed E-state index contributed by atoms with van der Waals surface area (Å²) in [6, 6.07) is 6.17. The van der Waals surface area contributed by atoms with Crippen LogP contribution in [-0.4, -0.2) is 9.55 Å². The van der Waals surface area contributed by atoms with Crippen molar-refractivity contribution in [3.05, 3.63) is 33.0 Å². The van der Waals surface area contributed by atoms with Gasteiger partial charge in [-0.25, -0.2) is 4.98 Å². The Labute approximate surface area is 142 Å². The molecule has 0 spiro atoms. The molecule has 1 aliphatic carbocycles. The van der Waals surface area contributed by atoms with Crippen LogP contribution in [0.4, 0.5) is 5.82 Å². The summed E-state index contributed by atoms with van der Waals surface area (Å²) in [4.78, 5) is 4.87. The van der Waals surface area contributed by atoms with Crippen LogP contribution in [0.2, 0.25) is 0 Å². The first-order valence-electron chi connectivity index (χ1n) is 7.43. The van der Waals surface area contributed by atoms with Gasteiger partial charge in [-0.05, 0) is 63.3 Å². The molecule has 0 radical (unpaired) electrons. The van der Waals surface area contributed by atoms with Crippen molar-refractivity contribution < 1.29 is 0 Å². The van der Waals surface area contributed by atoms with Crippen molar-refractivity contribution in [2.45, 2.75) is 45.1 Å². The third-order valence-electron chi connectivity index (χ3n) is 3.91. The zero-order chi connectivity index (χ0) is 15.0. The second-order valence-electron chi connectivity index (χ2n) is 5.61. The van der Waals surface area contributed by atoms with E-state index in [2.05, 4.69) is 55.5 Å². The largest absolute Gasteiger partial charge is 0.383 e. The van der Waals surface area contributed by atoms with Crippen LogP contribution in [0, 0.1) is 0 Å². The van der Waals surface area contributed by atoms with Crippen molar-refractivity contribution in [2.75, 3.05) is 5.73 Å². The van der Waals surface area contributed by atoms with E-state index < -0.39 is 0 Å². The molecule has 112 valence electrons. The minimum Gasteiger partial charge on any atom is -0.383 e. The molecule has 1 aromatic heterocycles. The van der Waals surface area contributed by atoms with E-state index >= 15 is 0 Å². The molecule has 1 aromatic carbocycles. The van der Waals surface area contributed by atoms with E-state index in [0.717, 1.165) is 39.0 Å². The average molecular weight is 413 g/mol. The van der Waals surface area contributed by atoms with Crippen LogP contribution < -0.4 is 5.73 Å². The van der Waals surface area contributed by atoms with E-state index in [1.165, 1.54) is 25.1 Å². The molecule has 0 bridgehead atoms. The van der Waals surface area contributed by atoms with Crippen LogP contribution in [0.1, 0.15) is 44.3 Å². The first kappa shape index (κ1) is 15.1. The predicted molar refractivity (Wildman–Crippen MR) is 94.4 cm³/mol. The maximum atomic E-state index is 6.40. The Bertz CT molecular complexity index is 660. The summed E-state index contributed by atoms with van der Waals surface area (Å²) in [5.74, 6) is 2.59. The van der Waals surface area contributed by atoms with Crippen molar-refractivity contribution in [1.29, 1.82) is 0 Å². The van der Waals surface area contributed by atoms with Gasteiger partial charge >= 0.3 is 0 Å². The van der Waals surface area contributed by atoms with E-state index in [9.17, 15) is 0 Å². The normalized spacial score (nSPS) is 14.6. The third kappa shape index (κ3) is 3.04. The maximum Gasteiger partial charge on any atom is 0.131 e. The zero-order valence-electron chi connectivity index (χ0n) is 12.1. The third-order valence-corrected chi connectivity index (χ3v) is 5.79. The summed E-state index contributed by atoms with van der Waals surface area (Å²) >= 11 is 7.06. The SMILES string of the molecule is CCCCn1c(C2CC2)nc(-c2ccc(Br)c(Br)c2)c1N. The van der Waals surface area contributed by atoms with Crippen LogP contribution in [0.25, 0.3) is 11.3 Å². The molecule has 0 saturated heterocycles. The second-order valence-corrected chi connectivity index (χ2v) is 7.32. The number of nitrogens with two attached hydrogens (primary N) is 1. The Morgan fingerprint density at radius 1 is 1.29 bits per heavy atom. The summed E-state index contributed by atoms with van der Waals surface area (Å²) < 4.78 is 4.29. The standard InChI is InChI=1S/C16H19Br2N3/c1-2-3-8-21-15(19)14(20-16(21)10-4-5-10)11-6-7-12(17)13(18)9-11/h6-7,9-10H,2-5,8,19H2,1H3. The van der Waals surface area contributed by atoms with Gasteiger partial charge in [0.15, 0.2) is 0 Å². The molecule has 1 heterocycles. The molecule has 0 atom stereocenters. The van der Waals surface area contributed by atoms with Crippen LogP contribution in [-0.2, 0) is 6.54 Å². The lowest BCUT2D eigenvalue weighted by molar-refractivity contribution is 0.609. The number of aromatic nitrogens is 2. The van der Waals surface area contributed by atoms with Gasteiger partial charge in [0.2, 0.25) is 0 Å². The summed E-state index contributed by atoms with van der Waals surface area (Å²) in [5, 5.41) is 0. The highest BCUT2D eigenvalue weighted by atomic mass is 79.9. The number of imidazole rings is 1. The molecule has 3 rings (SSSR count). The number of nitrogen functional groups attached to an aromatic ring is 1. The fraction of sp³-hybridized carbons (Fsp3) is 0.438. The number of hydrogen-bond acceptors (Lipinski definition) is 2. The van der Waals surface area contributed by atoms with Gasteiger partial charge < -0.3 is 10.3 Å². The van der Waals surface area contributed by atoms with Gasteiger partial charge in [-0.15, -0.1) is 0 Å². The Balaban J connectivity index is 2.03. The molecular formula is C16H19Br2N3. The molecular weight excluding hydrogens is 394 g/mol. The minimum atomic E-state index is 0.608. The van der Waals surface area contributed by atoms with E-state index in [4.69, 9.17) is 10.7 Å². The fourth-order valence-electron chi connectivity index (χ4n) is 2.54. The number of rotatable bonds is 5. The first-order chi connectivity index (χ1) is 10.1. The monoisotopic (exact) mass is 411 g/mol. The lowest BCUT2D eigenvalue weighted by atomic mass is 10.1. The number of unbranched alkanes of at least 4 members (excludes halogenated alkanes) is 1. The lowest BCUT2D eigenvalue weighted by Crippen LogP contribution is -2.06. The summed E-state index contributed by atoms with van der Waals surface area (Å²) in [5.41, 5.74) is 8.39. The molecule has 1 fully saturated rings. The van der Waals surface area contributed by atoms with E-state index in [-0.39, 0.29) is 0 Å². The number of anilines is 1. The molecule has 0 aliphatic heterocycles. The van der Waals surface area contributed by atoms with Gasteiger partial charge in [0.1, 0.15) is 17.3 Å². The highest BCUT2D eigenvalue weighted by molar-refractivity contribution is 9.13. The molecule has 2 N–H and O–H groups in total. The van der Waals surface area contributed by atoms with E-state index in [1.54, 1.807) is 0 Å². The molecule has 1 aliphatic rings. The summed E-state index contributed by atoms with van der Waals surface area (Å²) in [6.07, 6.45) is 4.79. The Hall–Kier alpha value is -0.810. The number of hydrogen-bond donors (Lipinski definition) is 1. The smallest absolute Gasteiger partial charge is 0.131 e. The molecule has 5 heteroatoms. The Morgan fingerprint density at radius 2 is 2.05 bits per heavy atom. The van der Waals surface area contributed by atoms with Gasteiger partial charge in [0.05, 0.1) is 0 Å². The fourth-order valence-corrected chi connectivity index (χ4v) is 3.17. The van der Waals surface area contributed by atoms with Gasteiger partial charge in [0.25, 0.3) is 0 Å². The van der Waals surface area contributed by atoms with Crippen molar-refractivity contribution >= 4 is 37.7 Å². The molecule has 1 saturated carbocycles. The average Bonchev–Trinajstić information content (AvgIpc) is 3.25. The number of nitrogens with zero attached hydrogens (tertiary/aromatic N) is 2. The van der Waals surface area contributed by atoms with E-state index in [0.29, 0.717) is 5.92 Å². The molecule has 0 unspecified atom stereocenters. The maximum absolute atomic E-state index is 6.40. The Kier molecular flexibility index (Phi) is 4.41. The first-order valence-corrected chi connectivity index (χ1v) is 9.01. The number of halogens is 2. The summed E-state index contributed by atoms with van der Waals surface area (Å²) in [6.45, 7) is 3.18. The zero-order valence-corrected chi connectivity index (χ0v) is 15.2. The highest BCUT2D eigenvalue weighted by Crippen LogP contribution is 2.42. The van der Waals surface area contributed by atoms with E-state index in [1.807, 2.05) is 6.07 Å². The number of benzene rings is 1. The van der Waals surface area contributed by atoms with Crippen LogP contribution in [0.15, 0.2) is 27.1 Å². The summed E-state index contributed by atoms with van der Waals surface area (Å²) in [7, 11) is 0. The molecule has 3 nitrogen and oxygen atoms in total.